The van der Waals surface area contributed by atoms with Crippen molar-refractivity contribution in [3.63, 3.8) is 0 Å². The molecule has 3 aromatic heterocycles. The van der Waals surface area contributed by atoms with E-state index in [1.165, 1.54) is 6.33 Å². The number of hydrogen-bond acceptors (Lipinski definition) is 6. The number of rotatable bonds is 3. The summed E-state index contributed by atoms with van der Waals surface area (Å²) in [4.78, 5) is 17.4. The molecule has 0 radical (unpaired) electrons. The lowest BCUT2D eigenvalue weighted by molar-refractivity contribution is 0.874. The second kappa shape index (κ2) is 6.14. The molecule has 3 heterocycles. The SMILES string of the molecule is C[C@H](Nc1ncnc2cccnc12)c1cc2cccc(Cl)c2nc1N. The zero-order valence-corrected chi connectivity index (χ0v) is 14.2. The van der Waals surface area contributed by atoms with E-state index < -0.39 is 0 Å². The number of halogens is 1. The van der Waals surface area contributed by atoms with Gasteiger partial charge in [0.05, 0.1) is 22.1 Å². The van der Waals surface area contributed by atoms with Gasteiger partial charge in [0.15, 0.2) is 5.82 Å². The normalized spacial score (nSPS) is 12.4. The number of nitrogen functional groups attached to an aromatic ring is 1. The number of nitrogens with zero attached hydrogens (tertiary/aromatic N) is 4. The van der Waals surface area contributed by atoms with E-state index in [0.29, 0.717) is 27.7 Å². The van der Waals surface area contributed by atoms with Gasteiger partial charge in [0.1, 0.15) is 17.7 Å². The first-order chi connectivity index (χ1) is 12.1. The number of anilines is 2. The van der Waals surface area contributed by atoms with Crippen LogP contribution in [0, 0.1) is 0 Å². The molecule has 0 aliphatic rings. The van der Waals surface area contributed by atoms with Gasteiger partial charge in [0, 0.05) is 17.1 Å². The van der Waals surface area contributed by atoms with Crippen LogP contribution in [0.15, 0.2) is 48.9 Å². The van der Waals surface area contributed by atoms with Crippen LogP contribution >= 0.6 is 11.6 Å². The number of pyridine rings is 2. The molecule has 1 atom stereocenters. The highest BCUT2D eigenvalue weighted by Gasteiger charge is 2.15. The first-order valence-corrected chi connectivity index (χ1v) is 8.18. The van der Waals surface area contributed by atoms with Crippen LogP contribution in [0.1, 0.15) is 18.5 Å². The number of nitrogens with one attached hydrogen (secondary N) is 1. The van der Waals surface area contributed by atoms with Crippen molar-refractivity contribution in [1.82, 2.24) is 19.9 Å². The van der Waals surface area contributed by atoms with Crippen molar-refractivity contribution >= 4 is 45.2 Å². The van der Waals surface area contributed by atoms with Gasteiger partial charge in [0.2, 0.25) is 0 Å². The summed E-state index contributed by atoms with van der Waals surface area (Å²) in [5, 5.41) is 4.88. The molecular formula is C18H15ClN6. The highest BCUT2D eigenvalue weighted by Crippen LogP contribution is 2.30. The van der Waals surface area contributed by atoms with E-state index in [-0.39, 0.29) is 6.04 Å². The Balaban J connectivity index is 1.74. The molecule has 3 N–H and O–H groups in total. The molecule has 0 fully saturated rings. The van der Waals surface area contributed by atoms with Crippen LogP contribution in [-0.4, -0.2) is 19.9 Å². The Labute approximate surface area is 149 Å². The molecule has 0 saturated carbocycles. The summed E-state index contributed by atoms with van der Waals surface area (Å²) in [6, 6.07) is 11.3. The molecule has 124 valence electrons. The van der Waals surface area contributed by atoms with Gasteiger partial charge in [-0.1, -0.05) is 23.7 Å². The second-order valence-corrected chi connectivity index (χ2v) is 6.14. The summed E-state index contributed by atoms with van der Waals surface area (Å²) in [5.41, 5.74) is 9.23. The Morgan fingerprint density at radius 1 is 1.08 bits per heavy atom. The molecule has 4 rings (SSSR count). The number of para-hydroxylation sites is 1. The fourth-order valence-corrected chi connectivity index (χ4v) is 3.05. The van der Waals surface area contributed by atoms with Crippen LogP contribution in [0.3, 0.4) is 0 Å². The first kappa shape index (κ1) is 15.5. The zero-order valence-electron chi connectivity index (χ0n) is 13.4. The second-order valence-electron chi connectivity index (χ2n) is 5.73. The van der Waals surface area contributed by atoms with Crippen molar-refractivity contribution < 1.29 is 0 Å². The summed E-state index contributed by atoms with van der Waals surface area (Å²) in [5.74, 6) is 1.09. The van der Waals surface area contributed by atoms with Crippen molar-refractivity contribution in [3.05, 3.63) is 59.5 Å². The first-order valence-electron chi connectivity index (χ1n) is 7.80. The summed E-state index contributed by atoms with van der Waals surface area (Å²) in [6.45, 7) is 2.00. The van der Waals surface area contributed by atoms with Crippen LogP contribution in [0.5, 0.6) is 0 Å². The van der Waals surface area contributed by atoms with E-state index in [1.54, 1.807) is 12.3 Å². The molecule has 4 aromatic rings. The zero-order chi connectivity index (χ0) is 17.4. The standard InChI is InChI=1S/C18H15ClN6/c1-10(24-18-16-14(22-9-23-18)6-3-7-21-16)12-8-11-4-2-5-13(19)15(11)25-17(12)20/h2-10H,1H3,(H2,20,25)(H,22,23,24)/t10-/m0/s1. The van der Waals surface area contributed by atoms with Crippen LogP contribution in [-0.2, 0) is 0 Å². The number of nitrogens with two attached hydrogens (primary N) is 1. The molecule has 0 aliphatic carbocycles. The van der Waals surface area contributed by atoms with E-state index in [1.807, 2.05) is 37.3 Å². The Bertz CT molecular complexity index is 1080. The Morgan fingerprint density at radius 3 is 2.84 bits per heavy atom. The maximum absolute atomic E-state index is 6.20. The van der Waals surface area contributed by atoms with Gasteiger partial charge in [0.25, 0.3) is 0 Å². The van der Waals surface area contributed by atoms with E-state index in [4.69, 9.17) is 17.3 Å². The van der Waals surface area contributed by atoms with E-state index in [9.17, 15) is 0 Å². The lowest BCUT2D eigenvalue weighted by Gasteiger charge is -2.18. The summed E-state index contributed by atoms with van der Waals surface area (Å²) >= 11 is 6.20. The summed E-state index contributed by atoms with van der Waals surface area (Å²) in [6.07, 6.45) is 3.23. The minimum atomic E-state index is -0.115. The monoisotopic (exact) mass is 350 g/mol. The van der Waals surface area contributed by atoms with Gasteiger partial charge < -0.3 is 11.1 Å². The van der Waals surface area contributed by atoms with Crippen LogP contribution < -0.4 is 11.1 Å². The molecule has 6 nitrogen and oxygen atoms in total. The highest BCUT2D eigenvalue weighted by atomic mass is 35.5. The Kier molecular flexibility index (Phi) is 3.82. The van der Waals surface area contributed by atoms with Crippen molar-refractivity contribution in [3.8, 4) is 0 Å². The van der Waals surface area contributed by atoms with Gasteiger partial charge in [-0.15, -0.1) is 0 Å². The van der Waals surface area contributed by atoms with Crippen molar-refractivity contribution in [1.29, 1.82) is 0 Å². The molecule has 0 spiro atoms. The van der Waals surface area contributed by atoms with Gasteiger partial charge in [-0.2, -0.15) is 0 Å². The number of fused-ring (bicyclic) bond motifs is 2. The van der Waals surface area contributed by atoms with Crippen LogP contribution in [0.4, 0.5) is 11.6 Å². The molecular weight excluding hydrogens is 336 g/mol. The van der Waals surface area contributed by atoms with Crippen LogP contribution in [0.2, 0.25) is 5.02 Å². The Morgan fingerprint density at radius 2 is 1.96 bits per heavy atom. The average Bonchev–Trinajstić information content (AvgIpc) is 2.62. The topological polar surface area (TPSA) is 89.6 Å². The predicted octanol–water partition coefficient (Wildman–Crippen LogP) is 3.98. The maximum atomic E-state index is 6.20. The van der Waals surface area contributed by atoms with E-state index in [2.05, 4.69) is 25.3 Å². The van der Waals surface area contributed by atoms with E-state index in [0.717, 1.165) is 16.5 Å². The molecule has 1 aromatic carbocycles. The smallest absolute Gasteiger partial charge is 0.156 e. The fourth-order valence-electron chi connectivity index (χ4n) is 2.82. The van der Waals surface area contributed by atoms with Crippen molar-refractivity contribution in [2.24, 2.45) is 0 Å². The quantitative estimate of drug-likeness (QED) is 0.580. The van der Waals surface area contributed by atoms with Crippen LogP contribution in [0.25, 0.3) is 21.9 Å². The lowest BCUT2D eigenvalue weighted by Crippen LogP contribution is -2.12. The molecule has 7 heteroatoms. The maximum Gasteiger partial charge on any atom is 0.156 e. The number of hydrogen-bond donors (Lipinski definition) is 2. The van der Waals surface area contributed by atoms with Gasteiger partial charge in [-0.3, -0.25) is 4.98 Å². The summed E-state index contributed by atoms with van der Waals surface area (Å²) in [7, 11) is 0. The van der Waals surface area contributed by atoms with Gasteiger partial charge >= 0.3 is 0 Å². The number of benzene rings is 1. The average molecular weight is 351 g/mol. The van der Waals surface area contributed by atoms with E-state index >= 15 is 0 Å². The molecule has 0 bridgehead atoms. The predicted molar refractivity (Wildman–Crippen MR) is 101 cm³/mol. The molecule has 0 amide bonds. The molecule has 0 saturated heterocycles. The largest absolute Gasteiger partial charge is 0.383 e. The highest BCUT2D eigenvalue weighted by molar-refractivity contribution is 6.35. The Hall–Kier alpha value is -2.99. The van der Waals surface area contributed by atoms with Gasteiger partial charge in [-0.05, 0) is 31.2 Å². The molecule has 0 aliphatic heterocycles. The van der Waals surface area contributed by atoms with Gasteiger partial charge in [-0.25, -0.2) is 15.0 Å². The third kappa shape index (κ3) is 2.81. The molecule has 25 heavy (non-hydrogen) atoms. The minimum absolute atomic E-state index is 0.115. The fraction of sp³-hybridized carbons (Fsp3) is 0.111. The van der Waals surface area contributed by atoms with Crippen molar-refractivity contribution in [2.75, 3.05) is 11.1 Å². The van der Waals surface area contributed by atoms with Crippen molar-refractivity contribution in [2.45, 2.75) is 13.0 Å². The third-order valence-electron chi connectivity index (χ3n) is 4.07. The molecule has 0 unspecified atom stereocenters. The number of aromatic nitrogens is 4. The summed E-state index contributed by atoms with van der Waals surface area (Å²) < 4.78 is 0. The third-order valence-corrected chi connectivity index (χ3v) is 4.38. The lowest BCUT2D eigenvalue weighted by atomic mass is 10.1. The minimum Gasteiger partial charge on any atom is -0.383 e.